The van der Waals surface area contributed by atoms with Crippen LogP contribution in [0.3, 0.4) is 0 Å². The molecule has 90 valence electrons. The molecule has 1 N–H and O–H groups in total. The molecule has 0 radical (unpaired) electrons. The molecule has 3 heteroatoms. The van der Waals surface area contributed by atoms with Crippen LogP contribution >= 0.6 is 0 Å². The highest BCUT2D eigenvalue weighted by molar-refractivity contribution is 5.21. The predicted molar refractivity (Wildman–Crippen MR) is 60.1 cm³/mol. The third-order valence-corrected chi connectivity index (χ3v) is 2.67. The summed E-state index contributed by atoms with van der Waals surface area (Å²) in [5.41, 5.74) is 0.0662. The Hall–Kier alpha value is -0.960. The van der Waals surface area contributed by atoms with E-state index in [4.69, 9.17) is 0 Å². The lowest BCUT2D eigenvalue weighted by Gasteiger charge is -2.11. The molecule has 0 aliphatic carbocycles. The van der Waals surface area contributed by atoms with E-state index in [2.05, 4.69) is 6.92 Å². The van der Waals surface area contributed by atoms with Crippen LogP contribution in [0.4, 0.5) is 8.78 Å². The van der Waals surface area contributed by atoms with Gasteiger partial charge in [-0.3, -0.25) is 0 Å². The van der Waals surface area contributed by atoms with Crippen molar-refractivity contribution >= 4 is 0 Å². The Morgan fingerprint density at radius 1 is 1.19 bits per heavy atom. The molecule has 0 amide bonds. The highest BCUT2D eigenvalue weighted by Crippen LogP contribution is 2.23. The van der Waals surface area contributed by atoms with Crippen molar-refractivity contribution in [1.82, 2.24) is 0 Å². The van der Waals surface area contributed by atoms with Crippen molar-refractivity contribution in [3.63, 3.8) is 0 Å². The molecule has 1 nitrogen and oxygen atoms in total. The van der Waals surface area contributed by atoms with Gasteiger partial charge in [0.25, 0.3) is 0 Å². The maximum absolute atomic E-state index is 13.3. The van der Waals surface area contributed by atoms with Gasteiger partial charge in [0.1, 0.15) is 0 Å². The molecule has 0 aliphatic rings. The average molecular weight is 228 g/mol. The van der Waals surface area contributed by atoms with Crippen LogP contribution < -0.4 is 0 Å². The number of unbranched alkanes of at least 4 members (excludes halogenated alkanes) is 3. The molecule has 0 aromatic heterocycles. The van der Waals surface area contributed by atoms with E-state index in [1.54, 1.807) is 0 Å². The molecule has 0 spiro atoms. The summed E-state index contributed by atoms with van der Waals surface area (Å²) >= 11 is 0. The molecule has 0 saturated carbocycles. The fourth-order valence-corrected chi connectivity index (χ4v) is 1.70. The van der Waals surface area contributed by atoms with Crippen LogP contribution in [0.15, 0.2) is 18.2 Å². The second kappa shape index (κ2) is 6.59. The van der Waals surface area contributed by atoms with Crippen LogP contribution in [-0.4, -0.2) is 5.11 Å². The molecule has 0 bridgehead atoms. The van der Waals surface area contributed by atoms with Crippen LogP contribution in [0, 0.1) is 11.6 Å². The van der Waals surface area contributed by atoms with E-state index >= 15 is 0 Å². The first-order chi connectivity index (χ1) is 7.66. The number of aliphatic hydroxyl groups excluding tert-OH is 1. The maximum atomic E-state index is 13.3. The lowest BCUT2D eigenvalue weighted by atomic mass is 10.0. The van der Waals surface area contributed by atoms with Gasteiger partial charge in [-0.05, 0) is 12.5 Å². The molecule has 1 unspecified atom stereocenters. The fourth-order valence-electron chi connectivity index (χ4n) is 1.70. The van der Waals surface area contributed by atoms with Crippen molar-refractivity contribution in [1.29, 1.82) is 0 Å². The van der Waals surface area contributed by atoms with Crippen LogP contribution in [0.2, 0.25) is 0 Å². The molecule has 1 atom stereocenters. The second-order valence-corrected chi connectivity index (χ2v) is 4.01. The Morgan fingerprint density at radius 3 is 2.62 bits per heavy atom. The van der Waals surface area contributed by atoms with Gasteiger partial charge in [0.15, 0.2) is 11.6 Å². The molecule has 1 rings (SSSR count). The molecule has 0 heterocycles. The fraction of sp³-hybridized carbons (Fsp3) is 0.538. The van der Waals surface area contributed by atoms with E-state index in [9.17, 15) is 13.9 Å². The number of aliphatic hydroxyl groups is 1. The molecule has 0 aliphatic heterocycles. The minimum atomic E-state index is -0.925. The zero-order chi connectivity index (χ0) is 12.0. The van der Waals surface area contributed by atoms with Gasteiger partial charge in [-0.25, -0.2) is 8.78 Å². The van der Waals surface area contributed by atoms with Crippen LogP contribution in [0.1, 0.15) is 50.7 Å². The summed E-state index contributed by atoms with van der Waals surface area (Å²) in [5.74, 6) is -1.82. The smallest absolute Gasteiger partial charge is 0.164 e. The summed E-state index contributed by atoms with van der Waals surface area (Å²) in [6, 6.07) is 3.91. The van der Waals surface area contributed by atoms with Crippen molar-refractivity contribution in [3.8, 4) is 0 Å². The van der Waals surface area contributed by atoms with Crippen molar-refractivity contribution in [3.05, 3.63) is 35.4 Å². The molecule has 1 aromatic rings. The van der Waals surface area contributed by atoms with Gasteiger partial charge in [-0.1, -0.05) is 44.7 Å². The number of hydrogen-bond donors (Lipinski definition) is 1. The van der Waals surface area contributed by atoms with Crippen LogP contribution in [0.25, 0.3) is 0 Å². The first kappa shape index (κ1) is 13.1. The van der Waals surface area contributed by atoms with E-state index in [0.29, 0.717) is 6.42 Å². The Bertz CT molecular complexity index is 326. The zero-order valence-electron chi connectivity index (χ0n) is 9.55. The highest BCUT2D eigenvalue weighted by Gasteiger charge is 2.14. The average Bonchev–Trinajstić information content (AvgIpc) is 2.28. The molecule has 1 aromatic carbocycles. The van der Waals surface area contributed by atoms with Crippen molar-refractivity contribution in [2.24, 2.45) is 0 Å². The summed E-state index contributed by atoms with van der Waals surface area (Å²) in [5, 5.41) is 9.72. The molecular formula is C13H18F2O. The standard InChI is InChI=1S/C13H18F2O/c1-2-3-4-5-9-12(16)10-7-6-8-11(14)13(10)15/h6-8,12,16H,2-5,9H2,1H3. The zero-order valence-corrected chi connectivity index (χ0v) is 9.55. The van der Waals surface area contributed by atoms with Gasteiger partial charge >= 0.3 is 0 Å². The van der Waals surface area contributed by atoms with Gasteiger partial charge in [0, 0.05) is 5.56 Å². The monoisotopic (exact) mass is 228 g/mol. The lowest BCUT2D eigenvalue weighted by Crippen LogP contribution is -2.02. The predicted octanol–water partition coefficient (Wildman–Crippen LogP) is 3.97. The van der Waals surface area contributed by atoms with E-state index in [-0.39, 0.29) is 5.56 Å². The van der Waals surface area contributed by atoms with Crippen molar-refractivity contribution in [2.45, 2.75) is 45.1 Å². The minimum Gasteiger partial charge on any atom is -0.388 e. The lowest BCUT2D eigenvalue weighted by molar-refractivity contribution is 0.157. The SMILES string of the molecule is CCCCCCC(O)c1cccc(F)c1F. The minimum absolute atomic E-state index is 0.0662. The first-order valence-electron chi connectivity index (χ1n) is 5.78. The number of halogens is 2. The number of benzene rings is 1. The van der Waals surface area contributed by atoms with Gasteiger partial charge in [0.05, 0.1) is 6.10 Å². The molecule has 0 saturated heterocycles. The van der Waals surface area contributed by atoms with Gasteiger partial charge < -0.3 is 5.11 Å². The van der Waals surface area contributed by atoms with Crippen LogP contribution in [0.5, 0.6) is 0 Å². The molecule has 0 fully saturated rings. The Kier molecular flexibility index (Phi) is 5.39. The van der Waals surface area contributed by atoms with Gasteiger partial charge in [-0.15, -0.1) is 0 Å². The number of hydrogen-bond acceptors (Lipinski definition) is 1. The maximum Gasteiger partial charge on any atom is 0.164 e. The van der Waals surface area contributed by atoms with E-state index in [1.165, 1.54) is 12.1 Å². The third kappa shape index (κ3) is 3.56. The van der Waals surface area contributed by atoms with E-state index < -0.39 is 17.7 Å². The normalized spacial score (nSPS) is 12.8. The Balaban J connectivity index is 2.52. The molecule has 16 heavy (non-hydrogen) atoms. The summed E-state index contributed by atoms with van der Waals surface area (Å²) < 4.78 is 26.2. The summed E-state index contributed by atoms with van der Waals surface area (Å²) in [7, 11) is 0. The Labute approximate surface area is 95.1 Å². The Morgan fingerprint density at radius 2 is 1.94 bits per heavy atom. The second-order valence-electron chi connectivity index (χ2n) is 4.01. The number of rotatable bonds is 6. The summed E-state index contributed by atoms with van der Waals surface area (Å²) in [6.07, 6.45) is 3.67. The summed E-state index contributed by atoms with van der Waals surface area (Å²) in [4.78, 5) is 0. The van der Waals surface area contributed by atoms with Crippen molar-refractivity contribution in [2.75, 3.05) is 0 Å². The summed E-state index contributed by atoms with van der Waals surface area (Å²) in [6.45, 7) is 2.10. The third-order valence-electron chi connectivity index (χ3n) is 2.67. The first-order valence-corrected chi connectivity index (χ1v) is 5.78. The largest absolute Gasteiger partial charge is 0.388 e. The van der Waals surface area contributed by atoms with Gasteiger partial charge in [-0.2, -0.15) is 0 Å². The quantitative estimate of drug-likeness (QED) is 0.730. The van der Waals surface area contributed by atoms with E-state index in [0.717, 1.165) is 31.7 Å². The van der Waals surface area contributed by atoms with E-state index in [1.807, 2.05) is 0 Å². The topological polar surface area (TPSA) is 20.2 Å². The molecular weight excluding hydrogens is 210 g/mol. The van der Waals surface area contributed by atoms with Crippen LogP contribution in [-0.2, 0) is 0 Å². The van der Waals surface area contributed by atoms with Crippen molar-refractivity contribution < 1.29 is 13.9 Å². The van der Waals surface area contributed by atoms with Gasteiger partial charge in [0.2, 0.25) is 0 Å². The highest BCUT2D eigenvalue weighted by atomic mass is 19.2.